The van der Waals surface area contributed by atoms with Crippen molar-refractivity contribution < 1.29 is 17.7 Å². The first-order valence-corrected chi connectivity index (χ1v) is 50.4. The van der Waals surface area contributed by atoms with Crippen LogP contribution in [0.15, 0.2) is 376 Å². The molecule has 1 spiro atoms. The Morgan fingerprint density at radius 2 is 0.600 bits per heavy atom. The van der Waals surface area contributed by atoms with Crippen molar-refractivity contribution in [2.45, 2.75) is 168 Å². The highest BCUT2D eigenvalue weighted by molar-refractivity contribution is 6.22. The van der Waals surface area contributed by atoms with Crippen LogP contribution in [0.4, 0.5) is 68.2 Å². The number of hydrogen-bond acceptors (Lipinski definition) is 8. The molecular weight excluding hydrogens is 1710 g/mol. The van der Waals surface area contributed by atoms with E-state index in [1.165, 1.54) is 93.9 Å². The molecule has 0 N–H and O–H groups in total. The summed E-state index contributed by atoms with van der Waals surface area (Å²) in [6, 6.07) is 135. The molecule has 0 saturated heterocycles. The Kier molecular flexibility index (Phi) is 19.7. The summed E-state index contributed by atoms with van der Waals surface area (Å²) in [5, 5.41) is 13.5. The van der Waals surface area contributed by atoms with Crippen LogP contribution in [0.3, 0.4) is 0 Å². The number of anilines is 12. The summed E-state index contributed by atoms with van der Waals surface area (Å²) in [6.07, 6.45) is 5.04. The molecular formula is C132H116N4O4. The molecule has 22 aromatic rings. The SMILES string of the molecule is CC(C)C1(C(C)C)c2cc(N(c3ccc(C(C)(C)Cc4ccc5c(c4)oc4cc(N(c6ccc(C(C)(C)C)cc6)c6cc7c(c8oc9ccccc9c68)-c6ccc(N(c8ccc(C(C)(C)C)cc8)c8ccc9c(c8)oc8ccccc89)cc6C76CCCC6)ccc45)cc3)c3ccc4ccccc4c3)ccc2-c2c1cc(N(c1ccc(C(C)(C)C)cc1)c1ccc3ccccc3c1)c1c2oc2ccccc21. The monoisotopic (exact) mass is 1820 g/mol. The van der Waals surface area contributed by atoms with Crippen molar-refractivity contribution in [3.63, 3.8) is 0 Å². The van der Waals surface area contributed by atoms with Crippen molar-refractivity contribution >= 4 is 178 Å². The van der Waals surface area contributed by atoms with Crippen LogP contribution in [-0.4, -0.2) is 0 Å². The number of para-hydroxylation sites is 3. The van der Waals surface area contributed by atoms with Gasteiger partial charge in [0.1, 0.15) is 44.7 Å². The summed E-state index contributed by atoms with van der Waals surface area (Å²) >= 11 is 0. The fourth-order valence-electron chi connectivity index (χ4n) is 24.9. The first-order valence-electron chi connectivity index (χ1n) is 50.4. The van der Waals surface area contributed by atoms with Crippen LogP contribution < -0.4 is 19.6 Å². The number of rotatable bonds is 17. The molecule has 3 aliphatic rings. The van der Waals surface area contributed by atoms with E-state index in [9.17, 15) is 0 Å². The summed E-state index contributed by atoms with van der Waals surface area (Å²) in [6.45, 7) is 35.2. The summed E-state index contributed by atoms with van der Waals surface area (Å²) in [7, 11) is 0. The van der Waals surface area contributed by atoms with Gasteiger partial charge in [-0.2, -0.15) is 0 Å². The maximum absolute atomic E-state index is 7.47. The highest BCUT2D eigenvalue weighted by atomic mass is 16.3. The van der Waals surface area contributed by atoms with Crippen molar-refractivity contribution in [3.8, 4) is 22.3 Å². The third kappa shape index (κ3) is 13.7. The molecule has 0 atom stereocenters. The zero-order chi connectivity index (χ0) is 95.5. The maximum atomic E-state index is 7.47. The van der Waals surface area contributed by atoms with Crippen molar-refractivity contribution in [2.24, 2.45) is 11.8 Å². The number of fused-ring (bicyclic) bond motifs is 24. The van der Waals surface area contributed by atoms with Crippen molar-refractivity contribution in [3.05, 3.63) is 408 Å². The Balaban J connectivity index is 0.574. The van der Waals surface area contributed by atoms with Gasteiger partial charge in [-0.3, -0.25) is 0 Å². The molecule has 1 saturated carbocycles. The maximum Gasteiger partial charge on any atom is 0.145 e. The average Bonchev–Trinajstić information content (AvgIpc) is 1.52. The van der Waals surface area contributed by atoms with Crippen molar-refractivity contribution in [1.82, 2.24) is 0 Å². The molecule has 0 unspecified atom stereocenters. The van der Waals surface area contributed by atoms with E-state index in [0.29, 0.717) is 0 Å². The third-order valence-corrected chi connectivity index (χ3v) is 31.9. The van der Waals surface area contributed by atoms with Crippen LogP contribution in [0, 0.1) is 11.8 Å². The smallest absolute Gasteiger partial charge is 0.145 e. The Morgan fingerprint density at radius 3 is 1.08 bits per heavy atom. The lowest BCUT2D eigenvalue weighted by Crippen LogP contribution is -2.37. The molecule has 3 aliphatic carbocycles. The van der Waals surface area contributed by atoms with Gasteiger partial charge in [-0.1, -0.05) is 305 Å². The van der Waals surface area contributed by atoms with E-state index >= 15 is 0 Å². The summed E-state index contributed by atoms with van der Waals surface area (Å²) in [5.41, 5.74) is 35.2. The van der Waals surface area contributed by atoms with E-state index in [4.69, 9.17) is 17.7 Å². The molecule has 4 aromatic heterocycles. The molecule has 8 heteroatoms. The minimum Gasteiger partial charge on any atom is -0.456 e. The number of benzene rings is 18. The third-order valence-electron chi connectivity index (χ3n) is 31.9. The summed E-state index contributed by atoms with van der Waals surface area (Å²) in [5.74, 6) is 0.340. The van der Waals surface area contributed by atoms with Crippen molar-refractivity contribution in [2.75, 3.05) is 19.6 Å². The topological polar surface area (TPSA) is 65.5 Å². The lowest BCUT2D eigenvalue weighted by molar-refractivity contribution is 0.280. The van der Waals surface area contributed by atoms with E-state index in [0.717, 1.165) is 188 Å². The highest BCUT2D eigenvalue weighted by Gasteiger charge is 2.52. The van der Waals surface area contributed by atoms with Crippen LogP contribution in [0.25, 0.3) is 132 Å². The van der Waals surface area contributed by atoms with Crippen LogP contribution in [0.1, 0.15) is 180 Å². The van der Waals surface area contributed by atoms with E-state index < -0.39 is 5.41 Å². The first kappa shape index (κ1) is 86.5. The second-order valence-corrected chi connectivity index (χ2v) is 44.5. The van der Waals surface area contributed by atoms with Gasteiger partial charge in [0, 0.05) is 123 Å². The molecule has 688 valence electrons. The second-order valence-electron chi connectivity index (χ2n) is 44.5. The van der Waals surface area contributed by atoms with Gasteiger partial charge in [0.25, 0.3) is 0 Å². The van der Waals surface area contributed by atoms with Gasteiger partial charge in [-0.25, -0.2) is 0 Å². The normalized spacial score (nSPS) is 14.1. The Bertz CT molecular complexity index is 8760. The van der Waals surface area contributed by atoms with E-state index in [1.54, 1.807) is 0 Å². The summed E-state index contributed by atoms with van der Waals surface area (Å²) in [4.78, 5) is 9.93. The molecule has 0 radical (unpaired) electrons. The van der Waals surface area contributed by atoms with Crippen LogP contribution in [-0.2, 0) is 38.9 Å². The van der Waals surface area contributed by atoms with Gasteiger partial charge in [0.15, 0.2) is 0 Å². The quantitative estimate of drug-likeness (QED) is 0.0894. The molecule has 8 nitrogen and oxygen atoms in total. The fraction of sp³-hybridized carbons (Fsp3) is 0.212. The first-order chi connectivity index (χ1) is 67.6. The fourth-order valence-corrected chi connectivity index (χ4v) is 24.9. The number of nitrogens with zero attached hydrogens (tertiary/aromatic N) is 4. The van der Waals surface area contributed by atoms with Crippen molar-refractivity contribution in [1.29, 1.82) is 0 Å². The van der Waals surface area contributed by atoms with Gasteiger partial charge in [0.05, 0.1) is 22.1 Å². The van der Waals surface area contributed by atoms with E-state index in [-0.39, 0.29) is 38.9 Å². The molecule has 0 bridgehead atoms. The van der Waals surface area contributed by atoms with Gasteiger partial charge >= 0.3 is 0 Å². The molecule has 25 rings (SSSR count). The standard InChI is InChI=1S/C132H116N4O4/c1-80(2)132(81(3)4)110-74-98(62-67-106(110)122-112(132)78-114(124-108-34-22-25-37-117(108)140-126(122)124)135(93-53-43-88(44-54-93)128(8,9)10)96-50-40-84-29-17-19-31-86(84)72-96)133(95-49-39-83-28-16-18-30-85(83)71-95)92-57-47-90(48-58-92)130(14,15)79-82-38-63-102-104-65-60-100(76-120(104)138-118(102)70-82)136(94-55-45-89(46-56-94)129(11,12)13)113-77-111-121(125-123(113)107-33-21-24-36-116(107)139-125)105-66-61-97(73-109(105)131(111)68-26-27-69-131)134(91-51-41-87(42-52-91)127(5,6)7)99-59-64-103-101-32-20-23-35-115(101)137-119(103)75-99/h16-25,28-67,70-78,80-81H,26-27,68-69,79H2,1-15H3. The Morgan fingerprint density at radius 1 is 0.264 bits per heavy atom. The minimum absolute atomic E-state index is 0.0130. The van der Waals surface area contributed by atoms with Crippen LogP contribution in [0.2, 0.25) is 0 Å². The van der Waals surface area contributed by atoms with E-state index in [2.05, 4.69) is 481 Å². The predicted octanol–water partition coefficient (Wildman–Crippen LogP) is 38.3. The Labute approximate surface area is 819 Å². The van der Waals surface area contributed by atoms with Crippen LogP contribution >= 0.6 is 0 Å². The van der Waals surface area contributed by atoms with Gasteiger partial charge < -0.3 is 37.3 Å². The lowest BCUT2D eigenvalue weighted by atomic mass is 9.62. The molecule has 1 fully saturated rings. The highest BCUT2D eigenvalue weighted by Crippen LogP contribution is 2.66. The van der Waals surface area contributed by atoms with Crippen LogP contribution in [0.5, 0.6) is 0 Å². The predicted molar refractivity (Wildman–Crippen MR) is 589 cm³/mol. The summed E-state index contributed by atoms with van der Waals surface area (Å²) < 4.78 is 28.9. The minimum atomic E-state index is -0.456. The lowest BCUT2D eigenvalue weighted by Gasteiger charge is -2.41. The van der Waals surface area contributed by atoms with Gasteiger partial charge in [-0.05, 0) is 293 Å². The van der Waals surface area contributed by atoms with E-state index in [1.807, 2.05) is 0 Å². The molecule has 18 aromatic carbocycles. The molecule has 140 heavy (non-hydrogen) atoms. The average molecular weight is 1820 g/mol. The number of hydrogen-bond donors (Lipinski definition) is 0. The van der Waals surface area contributed by atoms with Gasteiger partial charge in [0.2, 0.25) is 0 Å². The molecule has 0 amide bonds. The zero-order valence-corrected chi connectivity index (χ0v) is 82.7. The van der Waals surface area contributed by atoms with Gasteiger partial charge in [-0.15, -0.1) is 0 Å². The Hall–Kier alpha value is -15.1. The molecule has 0 aliphatic heterocycles. The number of furan rings is 4. The molecule has 4 heterocycles. The second kappa shape index (κ2) is 32.0. The zero-order valence-electron chi connectivity index (χ0n) is 82.7. The largest absolute Gasteiger partial charge is 0.456 e.